The lowest BCUT2D eigenvalue weighted by Gasteiger charge is -2.24. The fraction of sp³-hybridized carbons (Fsp3) is 0.538. The molecule has 1 aromatic carbocycles. The van der Waals surface area contributed by atoms with Crippen LogP contribution in [0, 0.1) is 5.82 Å². The molecular weight excluding hydrogens is 292 g/mol. The lowest BCUT2D eigenvalue weighted by Crippen LogP contribution is -2.36. The van der Waals surface area contributed by atoms with Crippen LogP contribution in [0.15, 0.2) is 12.1 Å². The van der Waals surface area contributed by atoms with Gasteiger partial charge in [-0.2, -0.15) is 0 Å². The molecule has 2 unspecified atom stereocenters. The summed E-state index contributed by atoms with van der Waals surface area (Å²) in [4.78, 5) is 0. The van der Waals surface area contributed by atoms with Gasteiger partial charge in [0.05, 0.1) is 11.6 Å². The summed E-state index contributed by atoms with van der Waals surface area (Å²) in [5.41, 5.74) is 0.516. The predicted octanol–water partition coefficient (Wildman–Crippen LogP) is 3.18. The highest BCUT2D eigenvalue weighted by Crippen LogP contribution is 2.32. The fourth-order valence-corrected chi connectivity index (χ4v) is 2.65. The minimum atomic E-state index is -0.500. The van der Waals surface area contributed by atoms with E-state index in [-0.39, 0.29) is 23.7 Å². The first kappa shape index (κ1) is 16.7. The Labute approximate surface area is 122 Å². The SMILES string of the molecule is COCC(CCO)NC(C)c1c(Cl)ccc(F)c1Cl. The molecule has 0 bridgehead atoms. The van der Waals surface area contributed by atoms with Crippen molar-refractivity contribution in [2.24, 2.45) is 0 Å². The van der Waals surface area contributed by atoms with E-state index in [0.29, 0.717) is 23.6 Å². The monoisotopic (exact) mass is 309 g/mol. The molecule has 6 heteroatoms. The number of aliphatic hydroxyl groups is 1. The van der Waals surface area contributed by atoms with Gasteiger partial charge in [0, 0.05) is 36.4 Å². The molecule has 0 fully saturated rings. The van der Waals surface area contributed by atoms with E-state index in [1.54, 1.807) is 7.11 Å². The normalized spacial score (nSPS) is 14.4. The second kappa shape index (κ2) is 8.02. The molecule has 1 aromatic rings. The molecule has 108 valence electrons. The van der Waals surface area contributed by atoms with Gasteiger partial charge in [-0.3, -0.25) is 0 Å². The highest BCUT2D eigenvalue weighted by atomic mass is 35.5. The van der Waals surface area contributed by atoms with Crippen molar-refractivity contribution >= 4 is 23.2 Å². The Kier molecular flexibility index (Phi) is 7.04. The van der Waals surface area contributed by atoms with Gasteiger partial charge < -0.3 is 15.2 Å². The maximum atomic E-state index is 13.5. The van der Waals surface area contributed by atoms with E-state index in [4.69, 9.17) is 33.0 Å². The van der Waals surface area contributed by atoms with Crippen molar-refractivity contribution in [2.75, 3.05) is 20.3 Å². The summed E-state index contributed by atoms with van der Waals surface area (Å²) < 4.78 is 18.5. The van der Waals surface area contributed by atoms with Crippen LogP contribution in [0.4, 0.5) is 4.39 Å². The third-order valence-electron chi connectivity index (χ3n) is 2.84. The van der Waals surface area contributed by atoms with Gasteiger partial charge in [0.25, 0.3) is 0 Å². The topological polar surface area (TPSA) is 41.5 Å². The van der Waals surface area contributed by atoms with Crippen molar-refractivity contribution < 1.29 is 14.2 Å². The Balaban J connectivity index is 2.87. The van der Waals surface area contributed by atoms with Crippen molar-refractivity contribution in [3.05, 3.63) is 33.6 Å². The van der Waals surface area contributed by atoms with Gasteiger partial charge in [-0.25, -0.2) is 4.39 Å². The van der Waals surface area contributed by atoms with Gasteiger partial charge in [0.15, 0.2) is 0 Å². The number of halogens is 3. The number of aliphatic hydroxyl groups excluding tert-OH is 1. The summed E-state index contributed by atoms with van der Waals surface area (Å²) >= 11 is 12.0. The van der Waals surface area contributed by atoms with Crippen LogP contribution in [0.3, 0.4) is 0 Å². The van der Waals surface area contributed by atoms with Crippen molar-refractivity contribution in [3.63, 3.8) is 0 Å². The van der Waals surface area contributed by atoms with Crippen molar-refractivity contribution in [2.45, 2.75) is 25.4 Å². The standard InChI is InChI=1S/C13H18Cl2FNO2/c1-8(17-9(5-6-18)7-19-2)12-10(14)3-4-11(16)13(12)15/h3-4,8-9,17-18H,5-7H2,1-2H3. The second-order valence-corrected chi connectivity index (χ2v) is 5.09. The number of benzene rings is 1. The van der Waals surface area contributed by atoms with E-state index in [9.17, 15) is 4.39 Å². The van der Waals surface area contributed by atoms with Crippen LogP contribution < -0.4 is 5.32 Å². The summed E-state index contributed by atoms with van der Waals surface area (Å²) in [6.45, 7) is 2.32. The van der Waals surface area contributed by atoms with Crippen LogP contribution in [0.25, 0.3) is 0 Å². The molecule has 0 saturated carbocycles. The number of ether oxygens (including phenoxy) is 1. The molecular formula is C13H18Cl2FNO2. The van der Waals surface area contributed by atoms with E-state index in [2.05, 4.69) is 5.32 Å². The van der Waals surface area contributed by atoms with E-state index < -0.39 is 5.82 Å². The van der Waals surface area contributed by atoms with Crippen LogP contribution in [0.5, 0.6) is 0 Å². The van der Waals surface area contributed by atoms with Crippen LogP contribution in [-0.2, 0) is 4.74 Å². The minimum Gasteiger partial charge on any atom is -0.396 e. The maximum absolute atomic E-state index is 13.5. The first-order valence-electron chi connectivity index (χ1n) is 6.00. The number of hydrogen-bond acceptors (Lipinski definition) is 3. The van der Waals surface area contributed by atoms with Gasteiger partial charge in [-0.05, 0) is 25.5 Å². The third kappa shape index (κ3) is 4.58. The summed E-state index contributed by atoms with van der Waals surface area (Å²) in [6, 6.07) is 2.41. The van der Waals surface area contributed by atoms with E-state index in [0.717, 1.165) is 0 Å². The quantitative estimate of drug-likeness (QED) is 0.760. The molecule has 0 amide bonds. The lowest BCUT2D eigenvalue weighted by atomic mass is 10.1. The Morgan fingerprint density at radius 1 is 1.42 bits per heavy atom. The van der Waals surface area contributed by atoms with Gasteiger partial charge in [-0.15, -0.1) is 0 Å². The third-order valence-corrected chi connectivity index (χ3v) is 3.56. The average Bonchev–Trinajstić information content (AvgIpc) is 2.35. The number of rotatable bonds is 7. The predicted molar refractivity (Wildman–Crippen MR) is 75.3 cm³/mol. The largest absolute Gasteiger partial charge is 0.396 e. The molecule has 0 aromatic heterocycles. The first-order valence-corrected chi connectivity index (χ1v) is 6.76. The second-order valence-electron chi connectivity index (χ2n) is 4.31. The molecule has 0 aliphatic heterocycles. The maximum Gasteiger partial charge on any atom is 0.142 e. The van der Waals surface area contributed by atoms with Crippen LogP contribution >= 0.6 is 23.2 Å². The Bertz CT molecular complexity index is 412. The van der Waals surface area contributed by atoms with Crippen LogP contribution in [0.2, 0.25) is 10.0 Å². The van der Waals surface area contributed by atoms with Gasteiger partial charge in [-0.1, -0.05) is 23.2 Å². The smallest absolute Gasteiger partial charge is 0.142 e. The zero-order valence-corrected chi connectivity index (χ0v) is 12.4. The molecule has 0 spiro atoms. The van der Waals surface area contributed by atoms with E-state index >= 15 is 0 Å². The zero-order chi connectivity index (χ0) is 14.4. The Morgan fingerprint density at radius 3 is 2.68 bits per heavy atom. The highest BCUT2D eigenvalue weighted by Gasteiger charge is 2.19. The molecule has 0 aliphatic rings. The van der Waals surface area contributed by atoms with Crippen molar-refractivity contribution in [1.29, 1.82) is 0 Å². The molecule has 2 N–H and O–H groups in total. The van der Waals surface area contributed by atoms with E-state index in [1.807, 2.05) is 6.92 Å². The first-order chi connectivity index (χ1) is 9.01. The Morgan fingerprint density at radius 2 is 2.11 bits per heavy atom. The van der Waals surface area contributed by atoms with Crippen molar-refractivity contribution in [1.82, 2.24) is 5.32 Å². The lowest BCUT2D eigenvalue weighted by molar-refractivity contribution is 0.143. The molecule has 3 nitrogen and oxygen atoms in total. The van der Waals surface area contributed by atoms with Gasteiger partial charge in [0.1, 0.15) is 5.82 Å². The molecule has 2 atom stereocenters. The summed E-state index contributed by atoms with van der Waals surface area (Å²) in [6.07, 6.45) is 0.530. The molecule has 0 heterocycles. The summed E-state index contributed by atoms with van der Waals surface area (Å²) in [7, 11) is 1.58. The molecule has 0 radical (unpaired) electrons. The van der Waals surface area contributed by atoms with Crippen molar-refractivity contribution in [3.8, 4) is 0 Å². The van der Waals surface area contributed by atoms with E-state index in [1.165, 1.54) is 12.1 Å². The number of methoxy groups -OCH3 is 1. The highest BCUT2D eigenvalue weighted by molar-refractivity contribution is 6.36. The number of nitrogens with one attached hydrogen (secondary N) is 1. The molecule has 0 aliphatic carbocycles. The van der Waals surface area contributed by atoms with Crippen LogP contribution in [-0.4, -0.2) is 31.5 Å². The summed E-state index contributed by atoms with van der Waals surface area (Å²) in [5, 5.41) is 12.6. The molecule has 0 saturated heterocycles. The van der Waals surface area contributed by atoms with Crippen LogP contribution in [0.1, 0.15) is 24.9 Å². The summed E-state index contributed by atoms with van der Waals surface area (Å²) in [5.74, 6) is -0.500. The Hall–Kier alpha value is -0.390. The number of hydrogen-bond donors (Lipinski definition) is 2. The average molecular weight is 310 g/mol. The molecule has 19 heavy (non-hydrogen) atoms. The molecule has 1 rings (SSSR count). The van der Waals surface area contributed by atoms with Gasteiger partial charge in [0.2, 0.25) is 0 Å². The minimum absolute atomic E-state index is 0.0210. The fourth-order valence-electron chi connectivity index (χ4n) is 1.95. The van der Waals surface area contributed by atoms with Gasteiger partial charge >= 0.3 is 0 Å². The zero-order valence-electron chi connectivity index (χ0n) is 10.9.